The van der Waals surface area contributed by atoms with Gasteiger partial charge in [0.1, 0.15) is 0 Å². The van der Waals surface area contributed by atoms with E-state index in [1.165, 1.54) is 5.56 Å². The van der Waals surface area contributed by atoms with Crippen molar-refractivity contribution in [2.45, 2.75) is 33.7 Å². The molecule has 2 aromatic carbocycles. The van der Waals surface area contributed by atoms with Gasteiger partial charge in [-0.3, -0.25) is 4.79 Å². The van der Waals surface area contributed by atoms with Crippen LogP contribution in [0.4, 0.5) is 16.2 Å². The second-order valence-electron chi connectivity index (χ2n) is 7.07. The van der Waals surface area contributed by atoms with Crippen LogP contribution in [0.25, 0.3) is 10.8 Å². The molecule has 1 heterocycles. The van der Waals surface area contributed by atoms with Gasteiger partial charge in [-0.1, -0.05) is 51.1 Å². The van der Waals surface area contributed by atoms with Crippen LogP contribution in [0.3, 0.4) is 0 Å². The van der Waals surface area contributed by atoms with Crippen molar-refractivity contribution in [3.05, 3.63) is 70.6 Å². The van der Waals surface area contributed by atoms with Gasteiger partial charge in [-0.2, -0.15) is 0 Å². The molecule has 2 N–H and O–H groups in total. The zero-order valence-electron chi connectivity index (χ0n) is 16.0. The van der Waals surface area contributed by atoms with Gasteiger partial charge in [0.05, 0.1) is 5.69 Å². The second kappa shape index (κ2) is 8.08. The molecule has 0 fully saturated rings. The second-order valence-corrected chi connectivity index (χ2v) is 7.07. The Morgan fingerprint density at radius 1 is 1.00 bits per heavy atom. The Morgan fingerprint density at radius 2 is 1.67 bits per heavy atom. The highest BCUT2D eigenvalue weighted by molar-refractivity contribution is 6.05. The summed E-state index contributed by atoms with van der Waals surface area (Å²) in [5, 5.41) is 7.07. The summed E-state index contributed by atoms with van der Waals surface area (Å²) in [5.41, 5.74) is 2.52. The molecule has 0 saturated heterocycles. The molecule has 2 amide bonds. The van der Waals surface area contributed by atoms with Crippen LogP contribution in [0.1, 0.15) is 26.3 Å². The van der Waals surface area contributed by atoms with Crippen molar-refractivity contribution in [3.8, 4) is 0 Å². The first-order valence-corrected chi connectivity index (χ1v) is 9.27. The average molecular weight is 363 g/mol. The van der Waals surface area contributed by atoms with Crippen LogP contribution in [0, 0.1) is 5.92 Å². The van der Waals surface area contributed by atoms with E-state index < -0.39 is 0 Å². The predicted molar refractivity (Wildman–Crippen MR) is 112 cm³/mol. The minimum Gasteiger partial charge on any atom is -0.313 e. The lowest BCUT2D eigenvalue weighted by Gasteiger charge is -2.15. The molecule has 1 aromatic heterocycles. The zero-order chi connectivity index (χ0) is 19.4. The van der Waals surface area contributed by atoms with E-state index >= 15 is 0 Å². The van der Waals surface area contributed by atoms with E-state index in [-0.39, 0.29) is 11.6 Å². The normalized spacial score (nSPS) is 11.0. The molecular weight excluding hydrogens is 338 g/mol. The number of carbonyl (C=O) groups excluding carboxylic acids is 1. The van der Waals surface area contributed by atoms with Crippen LogP contribution in [0.2, 0.25) is 0 Å². The van der Waals surface area contributed by atoms with Crippen molar-refractivity contribution in [2.24, 2.45) is 5.92 Å². The van der Waals surface area contributed by atoms with Crippen molar-refractivity contribution >= 4 is 28.2 Å². The van der Waals surface area contributed by atoms with E-state index in [9.17, 15) is 9.59 Å². The van der Waals surface area contributed by atoms with Crippen LogP contribution in [-0.4, -0.2) is 10.6 Å². The summed E-state index contributed by atoms with van der Waals surface area (Å²) in [6.45, 7) is 6.80. The maximum Gasteiger partial charge on any atom is 0.323 e. The van der Waals surface area contributed by atoms with E-state index in [4.69, 9.17) is 0 Å². The number of anilines is 2. The molecule has 0 aliphatic rings. The van der Waals surface area contributed by atoms with Crippen molar-refractivity contribution in [1.82, 2.24) is 4.57 Å². The van der Waals surface area contributed by atoms with Gasteiger partial charge in [0.25, 0.3) is 5.56 Å². The molecule has 0 saturated carbocycles. The number of aryl methyl sites for hydroxylation is 1. The lowest BCUT2D eigenvalue weighted by atomic mass is 10.1. The Labute approximate surface area is 159 Å². The first-order valence-electron chi connectivity index (χ1n) is 9.27. The molecule has 5 heteroatoms. The molecule has 140 valence electrons. The predicted octanol–water partition coefficient (Wildman–Crippen LogP) is 4.86. The summed E-state index contributed by atoms with van der Waals surface area (Å²) in [6, 6.07) is 14.8. The van der Waals surface area contributed by atoms with Gasteiger partial charge in [-0.05, 0) is 36.1 Å². The molecule has 0 radical (unpaired) electrons. The number of hydrogen-bond donors (Lipinski definition) is 2. The number of carbonyl (C=O) groups is 1. The topological polar surface area (TPSA) is 63.1 Å². The summed E-state index contributed by atoms with van der Waals surface area (Å²) < 4.78 is 1.67. The molecular formula is C22H25N3O2. The van der Waals surface area contributed by atoms with Crippen molar-refractivity contribution in [3.63, 3.8) is 0 Å². The minimum atomic E-state index is -0.334. The third-order valence-corrected chi connectivity index (χ3v) is 4.42. The smallest absolute Gasteiger partial charge is 0.313 e. The highest BCUT2D eigenvalue weighted by atomic mass is 16.2. The summed E-state index contributed by atoms with van der Waals surface area (Å²) in [7, 11) is 0. The molecule has 0 bridgehead atoms. The van der Waals surface area contributed by atoms with Crippen LogP contribution in [0.15, 0.2) is 59.5 Å². The number of urea groups is 1. The van der Waals surface area contributed by atoms with Crippen molar-refractivity contribution in [1.29, 1.82) is 0 Å². The van der Waals surface area contributed by atoms with Crippen LogP contribution in [-0.2, 0) is 13.0 Å². The molecule has 0 aliphatic carbocycles. The first kappa shape index (κ1) is 18.7. The monoisotopic (exact) mass is 363 g/mol. The average Bonchev–Trinajstić information content (AvgIpc) is 2.66. The Morgan fingerprint density at radius 3 is 2.30 bits per heavy atom. The molecule has 0 unspecified atom stereocenters. The maximum atomic E-state index is 12.7. The lowest BCUT2D eigenvalue weighted by molar-refractivity contribution is 0.262. The molecule has 0 atom stereocenters. The van der Waals surface area contributed by atoms with Gasteiger partial charge in [0.2, 0.25) is 0 Å². The fourth-order valence-electron chi connectivity index (χ4n) is 3.08. The van der Waals surface area contributed by atoms with E-state index in [1.54, 1.807) is 16.8 Å². The molecule has 3 rings (SSSR count). The summed E-state index contributed by atoms with van der Waals surface area (Å²) in [5.74, 6) is 0.322. The quantitative estimate of drug-likeness (QED) is 0.680. The van der Waals surface area contributed by atoms with Gasteiger partial charge in [-0.15, -0.1) is 0 Å². The largest absolute Gasteiger partial charge is 0.323 e. The van der Waals surface area contributed by atoms with Gasteiger partial charge >= 0.3 is 6.03 Å². The SMILES string of the molecule is CCc1ccc(NC(=O)Nc2cn(CC(C)C)c(=O)c3ccccc23)cc1. The number of rotatable bonds is 5. The molecule has 27 heavy (non-hydrogen) atoms. The van der Waals surface area contributed by atoms with E-state index in [1.807, 2.05) is 42.5 Å². The summed E-state index contributed by atoms with van der Waals surface area (Å²) >= 11 is 0. The maximum absolute atomic E-state index is 12.7. The Kier molecular flexibility index (Phi) is 5.60. The number of pyridine rings is 1. The van der Waals surface area contributed by atoms with Crippen LogP contribution < -0.4 is 16.2 Å². The van der Waals surface area contributed by atoms with Gasteiger partial charge in [0, 0.05) is 29.2 Å². The number of hydrogen-bond acceptors (Lipinski definition) is 2. The third-order valence-electron chi connectivity index (χ3n) is 4.42. The highest BCUT2D eigenvalue weighted by Gasteiger charge is 2.12. The van der Waals surface area contributed by atoms with Crippen molar-refractivity contribution < 1.29 is 4.79 Å². The van der Waals surface area contributed by atoms with E-state index in [0.29, 0.717) is 23.5 Å². The fraction of sp³-hybridized carbons (Fsp3) is 0.273. The molecule has 5 nitrogen and oxygen atoms in total. The zero-order valence-corrected chi connectivity index (χ0v) is 16.0. The minimum absolute atomic E-state index is 0.0413. The number of aromatic nitrogens is 1. The Bertz CT molecular complexity index is 1000. The third kappa shape index (κ3) is 4.37. The van der Waals surface area contributed by atoms with Gasteiger partial charge < -0.3 is 15.2 Å². The van der Waals surface area contributed by atoms with Crippen molar-refractivity contribution in [2.75, 3.05) is 10.6 Å². The Hall–Kier alpha value is -3.08. The highest BCUT2D eigenvalue weighted by Crippen LogP contribution is 2.21. The van der Waals surface area contributed by atoms with E-state index in [0.717, 1.165) is 17.5 Å². The fourth-order valence-corrected chi connectivity index (χ4v) is 3.08. The lowest BCUT2D eigenvalue weighted by Crippen LogP contribution is -2.25. The number of fused-ring (bicyclic) bond motifs is 1. The molecule has 3 aromatic rings. The van der Waals surface area contributed by atoms with Gasteiger partial charge in [-0.25, -0.2) is 4.79 Å². The molecule has 0 aliphatic heterocycles. The number of nitrogens with zero attached hydrogens (tertiary/aromatic N) is 1. The summed E-state index contributed by atoms with van der Waals surface area (Å²) in [6.07, 6.45) is 2.68. The van der Waals surface area contributed by atoms with Crippen LogP contribution >= 0.6 is 0 Å². The summed E-state index contributed by atoms with van der Waals surface area (Å²) in [4.78, 5) is 25.2. The standard InChI is InChI=1S/C22H25N3O2/c1-4-16-9-11-17(12-10-16)23-22(27)24-20-14-25(13-15(2)3)21(26)19-8-6-5-7-18(19)20/h5-12,14-15H,4,13H2,1-3H3,(H2,23,24,27). The number of benzene rings is 2. The van der Waals surface area contributed by atoms with Gasteiger partial charge in [0.15, 0.2) is 0 Å². The Balaban J connectivity index is 1.89. The van der Waals surface area contributed by atoms with Crippen LogP contribution in [0.5, 0.6) is 0 Å². The first-order chi connectivity index (χ1) is 13.0. The number of nitrogens with one attached hydrogen (secondary N) is 2. The van der Waals surface area contributed by atoms with E-state index in [2.05, 4.69) is 31.4 Å². The number of amides is 2. The molecule has 0 spiro atoms.